The Morgan fingerprint density at radius 1 is 1.33 bits per heavy atom. The van der Waals surface area contributed by atoms with E-state index in [2.05, 4.69) is 5.32 Å². The minimum atomic E-state index is -3.46. The predicted molar refractivity (Wildman–Crippen MR) is 80.5 cm³/mol. The normalized spacial score (nSPS) is 24.1. The molecule has 1 saturated heterocycles. The number of morpholine rings is 1. The van der Waals surface area contributed by atoms with Crippen LogP contribution in [-0.2, 0) is 21.3 Å². The Morgan fingerprint density at radius 2 is 2.10 bits per heavy atom. The zero-order chi connectivity index (χ0) is 14.9. The first-order valence-corrected chi connectivity index (χ1v) is 8.94. The Bertz CT molecular complexity index is 599. The van der Waals surface area contributed by atoms with Crippen LogP contribution in [0.15, 0.2) is 29.2 Å². The van der Waals surface area contributed by atoms with Crippen LogP contribution in [0, 0.1) is 0 Å². The maximum atomic E-state index is 12.9. The lowest BCUT2D eigenvalue weighted by Crippen LogP contribution is -2.47. The molecular formula is C15H22N2O3S. The monoisotopic (exact) mass is 310 g/mol. The van der Waals surface area contributed by atoms with Crippen molar-refractivity contribution in [2.24, 2.45) is 0 Å². The van der Waals surface area contributed by atoms with Gasteiger partial charge in [0.1, 0.15) is 0 Å². The fourth-order valence-corrected chi connectivity index (χ4v) is 4.46. The highest BCUT2D eigenvalue weighted by Gasteiger charge is 2.33. The smallest absolute Gasteiger partial charge is 0.243 e. The maximum Gasteiger partial charge on any atom is 0.243 e. The summed E-state index contributed by atoms with van der Waals surface area (Å²) in [6, 6.07) is 7.73. The number of ether oxygens (including phenoxy) is 1. The van der Waals surface area contributed by atoms with Crippen molar-refractivity contribution >= 4 is 10.0 Å². The molecule has 5 nitrogen and oxygen atoms in total. The number of sulfonamides is 1. The van der Waals surface area contributed by atoms with Gasteiger partial charge in [-0.15, -0.1) is 0 Å². The summed E-state index contributed by atoms with van der Waals surface area (Å²) >= 11 is 0. The van der Waals surface area contributed by atoms with E-state index in [0.717, 1.165) is 5.56 Å². The van der Waals surface area contributed by atoms with Crippen LogP contribution in [-0.4, -0.2) is 44.6 Å². The van der Waals surface area contributed by atoms with E-state index >= 15 is 0 Å². The Balaban J connectivity index is 1.86. The molecule has 0 radical (unpaired) electrons. The highest BCUT2D eigenvalue weighted by molar-refractivity contribution is 7.89. The van der Waals surface area contributed by atoms with Crippen molar-refractivity contribution < 1.29 is 13.2 Å². The molecule has 0 aromatic heterocycles. The van der Waals surface area contributed by atoms with Crippen LogP contribution in [0.2, 0.25) is 0 Å². The van der Waals surface area contributed by atoms with Crippen molar-refractivity contribution in [2.45, 2.75) is 43.3 Å². The molecule has 0 bridgehead atoms. The largest absolute Gasteiger partial charge is 0.378 e. The molecule has 6 heteroatoms. The van der Waals surface area contributed by atoms with Gasteiger partial charge in [-0.2, -0.15) is 4.31 Å². The third-order valence-corrected chi connectivity index (χ3v) is 6.14. The summed E-state index contributed by atoms with van der Waals surface area (Å²) in [5.74, 6) is 0. The molecule has 1 unspecified atom stereocenters. The Morgan fingerprint density at radius 3 is 2.81 bits per heavy atom. The van der Waals surface area contributed by atoms with Crippen LogP contribution in [0.3, 0.4) is 0 Å². The first kappa shape index (κ1) is 15.0. The summed E-state index contributed by atoms with van der Waals surface area (Å²) < 4.78 is 32.7. The van der Waals surface area contributed by atoms with Gasteiger partial charge in [0.05, 0.1) is 18.1 Å². The van der Waals surface area contributed by atoms with E-state index in [-0.39, 0.29) is 6.04 Å². The summed E-state index contributed by atoms with van der Waals surface area (Å²) in [6.45, 7) is 3.85. The lowest BCUT2D eigenvalue weighted by Gasteiger charge is -2.32. The second kappa shape index (κ2) is 6.04. The fraction of sp³-hybridized carbons (Fsp3) is 0.600. The average Bonchev–Trinajstić information content (AvgIpc) is 3.30. The molecule has 1 atom stereocenters. The van der Waals surface area contributed by atoms with E-state index in [0.29, 0.717) is 37.2 Å². The first-order chi connectivity index (χ1) is 10.1. The lowest BCUT2D eigenvalue weighted by atomic mass is 10.2. The molecule has 1 aliphatic carbocycles. The molecule has 2 aliphatic rings. The van der Waals surface area contributed by atoms with Crippen LogP contribution in [0.5, 0.6) is 0 Å². The second-order valence-corrected chi connectivity index (χ2v) is 7.66. The highest BCUT2D eigenvalue weighted by Crippen LogP contribution is 2.25. The van der Waals surface area contributed by atoms with Crippen LogP contribution < -0.4 is 5.32 Å². The van der Waals surface area contributed by atoms with Gasteiger partial charge in [0.15, 0.2) is 0 Å². The zero-order valence-corrected chi connectivity index (χ0v) is 13.1. The summed E-state index contributed by atoms with van der Waals surface area (Å²) in [7, 11) is -3.46. The molecule has 0 amide bonds. The molecule has 3 rings (SSSR count). The summed E-state index contributed by atoms with van der Waals surface area (Å²) in [6.07, 6.45) is 2.38. The average molecular weight is 310 g/mol. The Kier molecular flexibility index (Phi) is 4.31. The van der Waals surface area contributed by atoms with E-state index in [9.17, 15) is 8.42 Å². The van der Waals surface area contributed by atoms with E-state index in [4.69, 9.17) is 4.74 Å². The number of nitrogens with one attached hydrogen (secondary N) is 1. The number of hydrogen-bond donors (Lipinski definition) is 1. The summed E-state index contributed by atoms with van der Waals surface area (Å²) in [5.41, 5.74) is 0.850. The maximum absolute atomic E-state index is 12.9. The van der Waals surface area contributed by atoms with Crippen molar-refractivity contribution in [3.63, 3.8) is 0 Å². The quantitative estimate of drug-likeness (QED) is 0.892. The molecule has 2 fully saturated rings. The van der Waals surface area contributed by atoms with Gasteiger partial charge in [0.25, 0.3) is 0 Å². The van der Waals surface area contributed by atoms with Gasteiger partial charge in [-0.1, -0.05) is 18.2 Å². The van der Waals surface area contributed by atoms with Crippen molar-refractivity contribution in [2.75, 3.05) is 19.8 Å². The van der Waals surface area contributed by atoms with Crippen LogP contribution >= 0.6 is 0 Å². The third-order valence-electron chi connectivity index (χ3n) is 4.02. The van der Waals surface area contributed by atoms with E-state index in [1.165, 1.54) is 12.8 Å². The van der Waals surface area contributed by atoms with Gasteiger partial charge < -0.3 is 10.1 Å². The van der Waals surface area contributed by atoms with Crippen molar-refractivity contribution in [1.82, 2.24) is 9.62 Å². The lowest BCUT2D eigenvalue weighted by molar-refractivity contribution is 0.0392. The SMILES string of the molecule is CC1COCCN1S(=O)(=O)c1ccccc1CNC1CC1. The molecule has 1 saturated carbocycles. The van der Waals surface area contributed by atoms with Crippen molar-refractivity contribution in [3.8, 4) is 0 Å². The van der Waals surface area contributed by atoms with Gasteiger partial charge in [0, 0.05) is 25.2 Å². The molecular weight excluding hydrogens is 288 g/mol. The summed E-state index contributed by atoms with van der Waals surface area (Å²) in [4.78, 5) is 0.423. The molecule has 21 heavy (non-hydrogen) atoms. The first-order valence-electron chi connectivity index (χ1n) is 7.50. The minimum absolute atomic E-state index is 0.117. The van der Waals surface area contributed by atoms with Crippen molar-refractivity contribution in [3.05, 3.63) is 29.8 Å². The van der Waals surface area contributed by atoms with Gasteiger partial charge >= 0.3 is 0 Å². The molecule has 116 valence electrons. The predicted octanol–water partition coefficient (Wildman–Crippen LogP) is 1.35. The number of benzene rings is 1. The molecule has 1 N–H and O–H groups in total. The molecule has 0 spiro atoms. The van der Waals surface area contributed by atoms with Gasteiger partial charge in [-0.25, -0.2) is 8.42 Å². The zero-order valence-electron chi connectivity index (χ0n) is 12.3. The van der Waals surface area contributed by atoms with Crippen LogP contribution in [0.4, 0.5) is 0 Å². The van der Waals surface area contributed by atoms with E-state index < -0.39 is 10.0 Å². The molecule has 1 aromatic rings. The highest BCUT2D eigenvalue weighted by atomic mass is 32.2. The number of hydrogen-bond acceptors (Lipinski definition) is 4. The van der Waals surface area contributed by atoms with E-state index in [1.54, 1.807) is 16.4 Å². The minimum Gasteiger partial charge on any atom is -0.378 e. The molecule has 1 aliphatic heterocycles. The van der Waals surface area contributed by atoms with Gasteiger partial charge in [0.2, 0.25) is 10.0 Å². The standard InChI is InChI=1S/C15H22N2O3S/c1-12-11-20-9-8-17(12)21(18,19)15-5-3-2-4-13(15)10-16-14-6-7-14/h2-5,12,14,16H,6-11H2,1H3. The van der Waals surface area contributed by atoms with Gasteiger partial charge in [-0.3, -0.25) is 0 Å². The van der Waals surface area contributed by atoms with Crippen molar-refractivity contribution in [1.29, 1.82) is 0 Å². The van der Waals surface area contributed by atoms with E-state index in [1.807, 2.05) is 19.1 Å². The van der Waals surface area contributed by atoms with Crippen LogP contribution in [0.1, 0.15) is 25.3 Å². The number of nitrogens with zero attached hydrogens (tertiary/aromatic N) is 1. The topological polar surface area (TPSA) is 58.6 Å². The second-order valence-electron chi connectivity index (χ2n) is 5.80. The molecule has 1 heterocycles. The number of rotatable bonds is 5. The summed E-state index contributed by atoms with van der Waals surface area (Å²) in [5, 5.41) is 3.39. The Hall–Kier alpha value is -0.950. The van der Waals surface area contributed by atoms with Crippen LogP contribution in [0.25, 0.3) is 0 Å². The molecule has 1 aromatic carbocycles. The fourth-order valence-electron chi connectivity index (χ4n) is 2.64. The Labute approximate surface area is 126 Å². The van der Waals surface area contributed by atoms with Gasteiger partial charge in [-0.05, 0) is 31.4 Å². The third kappa shape index (κ3) is 3.29.